The number of carbonyl (C=O) groups excluding carboxylic acids is 3. The fraction of sp³-hybridized carbons (Fsp3) is 0.478. The Balaban J connectivity index is 1.91. The van der Waals surface area contributed by atoms with Crippen molar-refractivity contribution in [2.75, 3.05) is 41.3 Å². The second kappa shape index (κ2) is 9.79. The third-order valence-electron chi connectivity index (χ3n) is 5.75. The van der Waals surface area contributed by atoms with Crippen LogP contribution in [0.25, 0.3) is 0 Å². The van der Waals surface area contributed by atoms with Crippen LogP contribution < -0.4 is 4.74 Å². The molecule has 1 atom stereocenters. The Morgan fingerprint density at radius 3 is 2.66 bits per heavy atom. The number of nitrogens with zero attached hydrogens (tertiary/aromatic N) is 4. The molecule has 172 valence electrons. The summed E-state index contributed by atoms with van der Waals surface area (Å²) >= 11 is 1.53. The molecular weight excluding hydrogens is 428 g/mol. The van der Waals surface area contributed by atoms with Gasteiger partial charge >= 0.3 is 0 Å². The zero-order valence-electron chi connectivity index (χ0n) is 19.3. The lowest BCUT2D eigenvalue weighted by Crippen LogP contribution is -2.44. The normalized spacial score (nSPS) is 18.5. The standard InChI is InChI=1S/C23H30N4O4S/c1-16-24-18(15-32-16)14-26(4)20(28)12-23(17-7-6-8-19(11-17)31-5)13-21(29)27(22(23)30)10-9-25(2)3/h6-8,11,15H,9-10,12-14H2,1-5H3. The van der Waals surface area contributed by atoms with Crippen LogP contribution in [-0.2, 0) is 26.3 Å². The lowest BCUT2D eigenvalue weighted by atomic mass is 9.75. The van der Waals surface area contributed by atoms with E-state index in [-0.39, 0.29) is 30.6 Å². The van der Waals surface area contributed by atoms with Gasteiger partial charge in [0.1, 0.15) is 5.75 Å². The summed E-state index contributed by atoms with van der Waals surface area (Å²) in [6, 6.07) is 7.10. The summed E-state index contributed by atoms with van der Waals surface area (Å²) < 4.78 is 5.34. The maximum atomic E-state index is 13.6. The number of amides is 3. The number of rotatable bonds is 9. The SMILES string of the molecule is COc1cccc(C2(CC(=O)N(C)Cc3csc(C)n3)CC(=O)N(CCN(C)C)C2=O)c1. The Kier molecular flexibility index (Phi) is 7.30. The van der Waals surface area contributed by atoms with Crippen molar-refractivity contribution in [1.29, 1.82) is 0 Å². The first-order valence-corrected chi connectivity index (χ1v) is 11.3. The van der Waals surface area contributed by atoms with Crippen LogP contribution in [0.2, 0.25) is 0 Å². The number of imide groups is 1. The molecule has 1 unspecified atom stereocenters. The minimum Gasteiger partial charge on any atom is -0.497 e. The average Bonchev–Trinajstić information content (AvgIpc) is 3.27. The van der Waals surface area contributed by atoms with Crippen LogP contribution in [0, 0.1) is 6.92 Å². The van der Waals surface area contributed by atoms with Crippen molar-refractivity contribution in [2.45, 2.75) is 31.7 Å². The highest BCUT2D eigenvalue weighted by molar-refractivity contribution is 7.09. The first-order chi connectivity index (χ1) is 15.2. The number of likely N-dealkylation sites (N-methyl/N-ethyl adjacent to an activating group) is 1. The van der Waals surface area contributed by atoms with Crippen LogP contribution in [0.3, 0.4) is 0 Å². The number of hydrogen-bond donors (Lipinski definition) is 0. The fourth-order valence-corrected chi connectivity index (χ4v) is 4.52. The first-order valence-electron chi connectivity index (χ1n) is 10.5. The Labute approximate surface area is 192 Å². The summed E-state index contributed by atoms with van der Waals surface area (Å²) in [6.45, 7) is 3.12. The van der Waals surface area contributed by atoms with Gasteiger partial charge in [-0.3, -0.25) is 19.3 Å². The van der Waals surface area contributed by atoms with Crippen LogP contribution in [0.1, 0.15) is 29.1 Å². The van der Waals surface area contributed by atoms with Gasteiger partial charge in [0.2, 0.25) is 17.7 Å². The van der Waals surface area contributed by atoms with Gasteiger partial charge in [0.05, 0.1) is 29.8 Å². The van der Waals surface area contributed by atoms with E-state index >= 15 is 0 Å². The van der Waals surface area contributed by atoms with Gasteiger partial charge in [0.25, 0.3) is 0 Å². The number of aryl methyl sites for hydroxylation is 1. The predicted octanol–water partition coefficient (Wildman–Crippen LogP) is 2.07. The summed E-state index contributed by atoms with van der Waals surface area (Å²) in [4.78, 5) is 49.0. The van der Waals surface area contributed by atoms with E-state index in [9.17, 15) is 14.4 Å². The first kappa shape index (κ1) is 23.9. The third kappa shape index (κ3) is 4.99. The van der Waals surface area contributed by atoms with E-state index in [1.165, 1.54) is 16.2 Å². The third-order valence-corrected chi connectivity index (χ3v) is 6.57. The maximum absolute atomic E-state index is 13.6. The molecule has 1 aromatic heterocycles. The molecule has 3 rings (SSSR count). The zero-order chi connectivity index (χ0) is 23.5. The molecule has 0 bridgehead atoms. The minimum absolute atomic E-state index is 0.0399. The zero-order valence-corrected chi connectivity index (χ0v) is 20.1. The lowest BCUT2D eigenvalue weighted by molar-refractivity contribution is -0.142. The van der Waals surface area contributed by atoms with Crippen molar-refractivity contribution in [3.8, 4) is 5.75 Å². The van der Waals surface area contributed by atoms with E-state index in [2.05, 4.69) is 4.98 Å². The number of thiazole rings is 1. The van der Waals surface area contributed by atoms with Crippen LogP contribution in [0.5, 0.6) is 5.75 Å². The number of methoxy groups -OCH3 is 1. The summed E-state index contributed by atoms with van der Waals surface area (Å²) in [6.07, 6.45) is -0.134. The number of hydrogen-bond acceptors (Lipinski definition) is 7. The number of carbonyl (C=O) groups is 3. The van der Waals surface area contributed by atoms with Crippen molar-refractivity contribution in [2.24, 2.45) is 0 Å². The van der Waals surface area contributed by atoms with E-state index < -0.39 is 5.41 Å². The van der Waals surface area contributed by atoms with Gasteiger partial charge in [-0.2, -0.15) is 0 Å². The van der Waals surface area contributed by atoms with E-state index in [0.29, 0.717) is 30.9 Å². The molecule has 1 aliphatic heterocycles. The van der Waals surface area contributed by atoms with E-state index in [4.69, 9.17) is 4.74 Å². The summed E-state index contributed by atoms with van der Waals surface area (Å²) in [7, 11) is 7.02. The molecule has 2 heterocycles. The van der Waals surface area contributed by atoms with Gasteiger partial charge in [-0.25, -0.2) is 4.98 Å². The molecule has 0 N–H and O–H groups in total. The lowest BCUT2D eigenvalue weighted by Gasteiger charge is -2.29. The van der Waals surface area contributed by atoms with Gasteiger partial charge in [0.15, 0.2) is 0 Å². The topological polar surface area (TPSA) is 83.1 Å². The number of benzene rings is 1. The fourth-order valence-electron chi connectivity index (χ4n) is 3.92. The molecule has 1 saturated heterocycles. The molecule has 0 aliphatic carbocycles. The van der Waals surface area contributed by atoms with Crippen LogP contribution >= 0.6 is 11.3 Å². The summed E-state index contributed by atoms with van der Waals surface area (Å²) in [5, 5.41) is 2.85. The second-order valence-electron chi connectivity index (χ2n) is 8.43. The molecule has 2 aromatic rings. The van der Waals surface area contributed by atoms with Gasteiger partial charge in [-0.1, -0.05) is 12.1 Å². The van der Waals surface area contributed by atoms with E-state index in [1.54, 1.807) is 43.3 Å². The van der Waals surface area contributed by atoms with Crippen LogP contribution in [0.15, 0.2) is 29.6 Å². The van der Waals surface area contributed by atoms with Gasteiger partial charge < -0.3 is 14.5 Å². The predicted molar refractivity (Wildman–Crippen MR) is 123 cm³/mol. The van der Waals surface area contributed by atoms with Crippen molar-refractivity contribution >= 4 is 29.1 Å². The molecule has 0 spiro atoms. The van der Waals surface area contributed by atoms with Crippen molar-refractivity contribution < 1.29 is 19.1 Å². The molecule has 9 heteroatoms. The van der Waals surface area contributed by atoms with Crippen LogP contribution in [0.4, 0.5) is 0 Å². The summed E-state index contributed by atoms with van der Waals surface area (Å²) in [5.74, 6) is -0.226. The maximum Gasteiger partial charge on any atom is 0.240 e. The molecule has 0 saturated carbocycles. The van der Waals surface area contributed by atoms with Gasteiger partial charge in [0, 0.05) is 38.4 Å². The molecule has 3 amide bonds. The highest BCUT2D eigenvalue weighted by Crippen LogP contribution is 2.41. The Bertz CT molecular complexity index is 1010. The Morgan fingerprint density at radius 2 is 2.03 bits per heavy atom. The Morgan fingerprint density at radius 1 is 1.28 bits per heavy atom. The monoisotopic (exact) mass is 458 g/mol. The molecule has 32 heavy (non-hydrogen) atoms. The van der Waals surface area contributed by atoms with Gasteiger partial charge in [-0.05, 0) is 38.7 Å². The van der Waals surface area contributed by atoms with Crippen molar-refractivity contribution in [3.05, 3.63) is 45.9 Å². The molecule has 1 aliphatic rings. The quantitative estimate of drug-likeness (QED) is 0.535. The largest absolute Gasteiger partial charge is 0.497 e. The Hall–Kier alpha value is -2.78. The highest BCUT2D eigenvalue weighted by Gasteiger charge is 2.54. The molecule has 1 aromatic carbocycles. The minimum atomic E-state index is -1.25. The molecule has 1 fully saturated rings. The number of likely N-dealkylation sites (tertiary alicyclic amines) is 1. The molecule has 0 radical (unpaired) electrons. The highest BCUT2D eigenvalue weighted by atomic mass is 32.1. The summed E-state index contributed by atoms with van der Waals surface area (Å²) in [5.41, 5.74) is 0.176. The van der Waals surface area contributed by atoms with E-state index in [1.807, 2.05) is 31.3 Å². The van der Waals surface area contributed by atoms with Crippen LogP contribution in [-0.4, -0.2) is 78.7 Å². The van der Waals surface area contributed by atoms with Crippen molar-refractivity contribution in [3.63, 3.8) is 0 Å². The van der Waals surface area contributed by atoms with E-state index in [0.717, 1.165) is 10.7 Å². The molecular formula is C23H30N4O4S. The smallest absolute Gasteiger partial charge is 0.240 e. The number of aromatic nitrogens is 1. The number of ether oxygens (including phenoxy) is 1. The van der Waals surface area contributed by atoms with Crippen molar-refractivity contribution in [1.82, 2.24) is 19.7 Å². The second-order valence-corrected chi connectivity index (χ2v) is 9.49. The average molecular weight is 459 g/mol. The van der Waals surface area contributed by atoms with Gasteiger partial charge in [-0.15, -0.1) is 11.3 Å². The molecule has 8 nitrogen and oxygen atoms in total.